The molecule has 0 fully saturated rings. The Morgan fingerprint density at radius 3 is 2.67 bits per heavy atom. The third kappa shape index (κ3) is 5.27. The maximum Gasteiger partial charge on any atom is 0.138 e. The van der Waals surface area contributed by atoms with Crippen molar-refractivity contribution in [3.05, 3.63) is 24.0 Å². The van der Waals surface area contributed by atoms with E-state index < -0.39 is 0 Å². The first-order valence-electron chi connectivity index (χ1n) is 6.23. The normalized spacial score (nSPS) is 13.3. The van der Waals surface area contributed by atoms with Gasteiger partial charge in [0.1, 0.15) is 5.78 Å². The zero-order chi connectivity index (χ0) is 13.8. The summed E-state index contributed by atoms with van der Waals surface area (Å²) in [6.07, 6.45) is 4.81. The second-order valence-electron chi connectivity index (χ2n) is 6.02. The number of hydrogen-bond acceptors (Lipinski definition) is 4. The van der Waals surface area contributed by atoms with E-state index in [4.69, 9.17) is 11.5 Å². The van der Waals surface area contributed by atoms with Crippen molar-refractivity contribution < 1.29 is 4.79 Å². The van der Waals surface area contributed by atoms with Crippen LogP contribution in [0.2, 0.25) is 0 Å². The fourth-order valence-corrected chi connectivity index (χ4v) is 2.02. The molecule has 1 atom stereocenters. The molecule has 0 radical (unpaired) electrons. The molecule has 4 heteroatoms. The van der Waals surface area contributed by atoms with Crippen molar-refractivity contribution in [1.29, 1.82) is 0 Å². The van der Waals surface area contributed by atoms with Gasteiger partial charge in [-0.05, 0) is 17.9 Å². The third-order valence-electron chi connectivity index (χ3n) is 2.69. The minimum Gasteiger partial charge on any atom is -0.398 e. The lowest BCUT2D eigenvalue weighted by Gasteiger charge is -2.22. The Morgan fingerprint density at radius 2 is 2.11 bits per heavy atom. The highest BCUT2D eigenvalue weighted by Gasteiger charge is 2.18. The van der Waals surface area contributed by atoms with Crippen molar-refractivity contribution in [2.24, 2.45) is 11.1 Å². The van der Waals surface area contributed by atoms with Gasteiger partial charge < -0.3 is 11.5 Å². The molecule has 0 amide bonds. The monoisotopic (exact) mass is 249 g/mol. The van der Waals surface area contributed by atoms with Crippen molar-refractivity contribution >= 4 is 11.5 Å². The molecular formula is C14H23N3O. The Hall–Kier alpha value is -1.42. The summed E-state index contributed by atoms with van der Waals surface area (Å²) >= 11 is 0. The maximum atomic E-state index is 11.9. The second kappa shape index (κ2) is 5.96. The predicted molar refractivity (Wildman–Crippen MR) is 74.0 cm³/mol. The van der Waals surface area contributed by atoms with Gasteiger partial charge >= 0.3 is 0 Å². The molecule has 1 rings (SSSR count). The average Bonchev–Trinajstić information content (AvgIpc) is 2.18. The molecule has 0 aliphatic heterocycles. The number of nitrogen functional groups attached to an aromatic ring is 1. The van der Waals surface area contributed by atoms with Crippen molar-refractivity contribution in [2.45, 2.75) is 46.1 Å². The van der Waals surface area contributed by atoms with Gasteiger partial charge in [-0.3, -0.25) is 9.78 Å². The Morgan fingerprint density at radius 1 is 1.44 bits per heavy atom. The first-order chi connectivity index (χ1) is 8.28. The van der Waals surface area contributed by atoms with Gasteiger partial charge in [0, 0.05) is 42.5 Å². The molecule has 0 spiro atoms. The van der Waals surface area contributed by atoms with Crippen molar-refractivity contribution in [3.63, 3.8) is 0 Å². The van der Waals surface area contributed by atoms with E-state index in [1.807, 2.05) is 0 Å². The number of hydrogen-bond donors (Lipinski definition) is 2. The topological polar surface area (TPSA) is 82.0 Å². The molecule has 1 aromatic rings. The van der Waals surface area contributed by atoms with Crippen LogP contribution in [0.1, 0.15) is 39.2 Å². The van der Waals surface area contributed by atoms with E-state index in [0.29, 0.717) is 18.5 Å². The fourth-order valence-electron chi connectivity index (χ4n) is 2.02. The highest BCUT2D eigenvalue weighted by molar-refractivity contribution is 5.82. The van der Waals surface area contributed by atoms with Crippen LogP contribution in [0, 0.1) is 5.41 Å². The van der Waals surface area contributed by atoms with Gasteiger partial charge in [-0.1, -0.05) is 20.8 Å². The summed E-state index contributed by atoms with van der Waals surface area (Å²) in [6, 6.07) is 1.62. The number of rotatable bonds is 5. The number of Topliss-reactive ketones (excluding diaryl/α,β-unsaturated/α-hetero) is 1. The number of carbonyl (C=O) groups is 1. The number of carbonyl (C=O) groups excluding carboxylic acids is 1. The van der Waals surface area contributed by atoms with Crippen LogP contribution in [0.5, 0.6) is 0 Å². The van der Waals surface area contributed by atoms with Crippen LogP contribution < -0.4 is 11.5 Å². The van der Waals surface area contributed by atoms with E-state index in [0.717, 1.165) is 12.0 Å². The van der Waals surface area contributed by atoms with Crippen LogP contribution in [0.25, 0.3) is 0 Å². The fraction of sp³-hybridized carbons (Fsp3) is 0.571. The van der Waals surface area contributed by atoms with Crippen LogP contribution in [0.3, 0.4) is 0 Å². The van der Waals surface area contributed by atoms with Gasteiger partial charge in [-0.15, -0.1) is 0 Å². The number of nitrogens with two attached hydrogens (primary N) is 2. The lowest BCUT2D eigenvalue weighted by molar-refractivity contribution is -0.118. The molecule has 100 valence electrons. The lowest BCUT2D eigenvalue weighted by atomic mass is 9.86. The molecule has 0 saturated carbocycles. The van der Waals surface area contributed by atoms with Crippen LogP contribution in [-0.4, -0.2) is 16.8 Å². The van der Waals surface area contributed by atoms with Crippen molar-refractivity contribution in [2.75, 3.05) is 5.73 Å². The molecular weight excluding hydrogens is 226 g/mol. The number of ketones is 1. The van der Waals surface area contributed by atoms with Gasteiger partial charge in [0.2, 0.25) is 0 Å². The van der Waals surface area contributed by atoms with E-state index in [9.17, 15) is 4.79 Å². The first kappa shape index (κ1) is 14.6. The van der Waals surface area contributed by atoms with Gasteiger partial charge in [-0.2, -0.15) is 0 Å². The summed E-state index contributed by atoms with van der Waals surface area (Å²) in [6.45, 7) is 6.36. The summed E-state index contributed by atoms with van der Waals surface area (Å²) in [5.74, 6) is 0.117. The second-order valence-corrected chi connectivity index (χ2v) is 6.02. The molecule has 18 heavy (non-hydrogen) atoms. The van der Waals surface area contributed by atoms with E-state index in [1.165, 1.54) is 0 Å². The quantitative estimate of drug-likeness (QED) is 0.835. The van der Waals surface area contributed by atoms with Crippen LogP contribution >= 0.6 is 0 Å². The zero-order valence-corrected chi connectivity index (χ0v) is 11.4. The number of nitrogens with zero attached hydrogens (tertiary/aromatic N) is 1. The Balaban J connectivity index is 2.50. The average molecular weight is 249 g/mol. The van der Waals surface area contributed by atoms with Crippen LogP contribution in [0.15, 0.2) is 18.5 Å². The SMILES string of the molecule is CC(C)(C)CC(N)CC(=O)Cc1cnccc1N. The molecule has 1 aromatic heterocycles. The van der Waals surface area contributed by atoms with Gasteiger partial charge in [0.25, 0.3) is 0 Å². The van der Waals surface area contributed by atoms with E-state index in [-0.39, 0.29) is 17.2 Å². The number of aromatic nitrogens is 1. The zero-order valence-electron chi connectivity index (χ0n) is 11.4. The number of pyridine rings is 1. The van der Waals surface area contributed by atoms with Gasteiger partial charge in [-0.25, -0.2) is 0 Å². The predicted octanol–water partition coefficient (Wildman–Crippen LogP) is 1.93. The summed E-state index contributed by atoms with van der Waals surface area (Å²) in [7, 11) is 0. The molecule has 0 aliphatic rings. The molecule has 4 nitrogen and oxygen atoms in total. The van der Waals surface area contributed by atoms with Gasteiger partial charge in [0.15, 0.2) is 0 Å². The smallest absolute Gasteiger partial charge is 0.138 e. The standard InChI is InChI=1S/C14H23N3O/c1-14(2,3)8-11(15)7-12(18)6-10-9-17-5-4-13(10)16/h4-5,9,11H,6-8,15H2,1-3H3,(H2,16,17). The van der Waals surface area contributed by atoms with E-state index in [2.05, 4.69) is 25.8 Å². The van der Waals surface area contributed by atoms with Crippen molar-refractivity contribution in [3.8, 4) is 0 Å². The Labute approximate surface area is 109 Å². The number of anilines is 1. The summed E-state index contributed by atoms with van der Waals surface area (Å²) < 4.78 is 0. The van der Waals surface area contributed by atoms with Gasteiger partial charge in [0.05, 0.1) is 0 Å². The van der Waals surface area contributed by atoms with Crippen molar-refractivity contribution in [1.82, 2.24) is 4.98 Å². The highest BCUT2D eigenvalue weighted by Crippen LogP contribution is 2.21. The molecule has 0 aromatic carbocycles. The lowest BCUT2D eigenvalue weighted by Crippen LogP contribution is -2.29. The first-order valence-corrected chi connectivity index (χ1v) is 6.23. The molecule has 1 unspecified atom stereocenters. The molecule has 0 bridgehead atoms. The maximum absolute atomic E-state index is 11.9. The van der Waals surface area contributed by atoms with E-state index >= 15 is 0 Å². The minimum absolute atomic E-state index is 0.0876. The Kier molecular flexibility index (Phi) is 4.84. The minimum atomic E-state index is -0.0876. The summed E-state index contributed by atoms with van der Waals surface area (Å²) in [5.41, 5.74) is 13.3. The molecule has 0 aliphatic carbocycles. The molecule has 1 heterocycles. The third-order valence-corrected chi connectivity index (χ3v) is 2.69. The summed E-state index contributed by atoms with van der Waals surface area (Å²) in [5, 5.41) is 0. The van der Waals surface area contributed by atoms with Crippen LogP contribution in [0.4, 0.5) is 5.69 Å². The van der Waals surface area contributed by atoms with E-state index in [1.54, 1.807) is 18.5 Å². The largest absolute Gasteiger partial charge is 0.398 e. The highest BCUT2D eigenvalue weighted by atomic mass is 16.1. The molecule has 4 N–H and O–H groups in total. The molecule has 0 saturated heterocycles. The van der Waals surface area contributed by atoms with Crippen LogP contribution in [-0.2, 0) is 11.2 Å². The Bertz CT molecular complexity index is 410. The summed E-state index contributed by atoms with van der Waals surface area (Å²) in [4.78, 5) is 15.9.